The van der Waals surface area contributed by atoms with E-state index in [0.717, 1.165) is 100 Å². The lowest BCUT2D eigenvalue weighted by molar-refractivity contribution is -0.134. The van der Waals surface area contributed by atoms with Gasteiger partial charge in [-0.1, -0.05) is 58.7 Å². The molecule has 0 amide bonds. The Bertz CT molecular complexity index is 1380. The van der Waals surface area contributed by atoms with Crippen LogP contribution in [0.5, 0.6) is 11.5 Å². The van der Waals surface area contributed by atoms with Gasteiger partial charge in [0.2, 0.25) is 0 Å². The first kappa shape index (κ1) is 36.2. The molecule has 5 rings (SSSR count). The van der Waals surface area contributed by atoms with Gasteiger partial charge in [0.25, 0.3) is 0 Å². The molecule has 0 radical (unpaired) electrons. The summed E-state index contributed by atoms with van der Waals surface area (Å²) < 4.78 is 27.5. The number of carbonyl (C=O) groups excluding carboxylic acids is 1. The number of fused-ring (bicyclic) bond motifs is 2. The third kappa shape index (κ3) is 7.55. The minimum Gasteiger partial charge on any atom is -0.482 e. The summed E-state index contributed by atoms with van der Waals surface area (Å²) in [6.07, 6.45) is 11.4. The van der Waals surface area contributed by atoms with Crippen LogP contribution in [0.1, 0.15) is 109 Å². The summed E-state index contributed by atoms with van der Waals surface area (Å²) in [7, 11) is 0. The van der Waals surface area contributed by atoms with E-state index in [4.69, 9.17) is 9.47 Å². The SMILES string of the molecule is C=CCN1CCC2=C(C1)c1c(OC(=O)CCCN3CCCCC3)cc(C(C)(CCC)c3ccc(F)cc3)cc1OC2(CC)CC.Cl. The Labute approximate surface area is 282 Å². The molecule has 46 heavy (non-hydrogen) atoms. The van der Waals surface area contributed by atoms with Crippen molar-refractivity contribution in [2.75, 3.05) is 39.3 Å². The zero-order valence-corrected chi connectivity index (χ0v) is 29.3. The monoisotopic (exact) mass is 652 g/mol. The number of halogens is 2. The Hall–Kier alpha value is -2.67. The average molecular weight is 653 g/mol. The maximum absolute atomic E-state index is 14.0. The second-order valence-corrected chi connectivity index (χ2v) is 13.5. The fourth-order valence-corrected chi connectivity index (χ4v) is 7.93. The Morgan fingerprint density at radius 2 is 1.76 bits per heavy atom. The van der Waals surface area contributed by atoms with E-state index >= 15 is 0 Å². The first-order chi connectivity index (χ1) is 21.8. The van der Waals surface area contributed by atoms with Gasteiger partial charge in [0.1, 0.15) is 22.9 Å². The van der Waals surface area contributed by atoms with E-state index in [0.29, 0.717) is 12.2 Å². The molecule has 2 aromatic carbocycles. The van der Waals surface area contributed by atoms with Crippen LogP contribution in [0.25, 0.3) is 5.57 Å². The molecule has 3 aliphatic heterocycles. The van der Waals surface area contributed by atoms with Crippen molar-refractivity contribution in [2.45, 2.75) is 103 Å². The van der Waals surface area contributed by atoms with Crippen LogP contribution < -0.4 is 9.47 Å². The molecule has 0 spiro atoms. The standard InChI is InChI=1S/C39H53FN2O3.ClH/c1-6-20-38(5,29-15-17-31(40)18-16-29)30-26-34(44-36(43)14-13-24-41-22-11-10-12-23-41)37-32-28-42(21-7-2)25-19-33(32)39(8-3,9-4)45-35(37)27-30;/h7,15-18,26-27H,2,6,8-14,19-25,28H2,1,3-5H3;1H. The Balaban J connectivity index is 0.00000480. The molecule has 0 saturated carbocycles. The number of hydrogen-bond donors (Lipinski definition) is 0. The molecule has 0 N–H and O–H groups in total. The van der Waals surface area contributed by atoms with E-state index < -0.39 is 11.0 Å². The highest BCUT2D eigenvalue weighted by Gasteiger charge is 2.44. The highest BCUT2D eigenvalue weighted by atomic mass is 35.5. The fraction of sp³-hybridized carbons (Fsp3) is 0.564. The zero-order valence-electron chi connectivity index (χ0n) is 28.5. The first-order valence-electron chi connectivity index (χ1n) is 17.4. The van der Waals surface area contributed by atoms with Gasteiger partial charge in [-0.15, -0.1) is 19.0 Å². The summed E-state index contributed by atoms with van der Waals surface area (Å²) in [5, 5.41) is 0. The van der Waals surface area contributed by atoms with Crippen molar-refractivity contribution in [3.05, 3.63) is 77.1 Å². The van der Waals surface area contributed by atoms with E-state index in [1.165, 1.54) is 42.5 Å². The van der Waals surface area contributed by atoms with Crippen molar-refractivity contribution < 1.29 is 18.7 Å². The van der Waals surface area contributed by atoms with Crippen molar-refractivity contribution >= 4 is 23.9 Å². The van der Waals surface area contributed by atoms with Gasteiger partial charge in [-0.3, -0.25) is 9.69 Å². The predicted molar refractivity (Wildman–Crippen MR) is 189 cm³/mol. The lowest BCUT2D eigenvalue weighted by Gasteiger charge is -2.46. The van der Waals surface area contributed by atoms with E-state index in [9.17, 15) is 9.18 Å². The molecule has 0 aliphatic carbocycles. The van der Waals surface area contributed by atoms with Crippen LogP contribution >= 0.6 is 12.4 Å². The number of likely N-dealkylation sites (tertiary alicyclic amines) is 1. The maximum Gasteiger partial charge on any atom is 0.311 e. The summed E-state index contributed by atoms with van der Waals surface area (Å²) in [6, 6.07) is 11.1. The number of carbonyl (C=O) groups is 1. The van der Waals surface area contributed by atoms with Crippen LogP contribution in [0.2, 0.25) is 0 Å². The molecule has 2 aromatic rings. The average Bonchev–Trinajstić information content (AvgIpc) is 3.05. The summed E-state index contributed by atoms with van der Waals surface area (Å²) in [4.78, 5) is 18.4. The van der Waals surface area contributed by atoms with E-state index in [-0.39, 0.29) is 24.2 Å². The Morgan fingerprint density at radius 3 is 2.41 bits per heavy atom. The number of rotatable bonds is 13. The third-order valence-corrected chi connectivity index (χ3v) is 10.6. The molecule has 7 heteroatoms. The van der Waals surface area contributed by atoms with Gasteiger partial charge >= 0.3 is 5.97 Å². The zero-order chi connectivity index (χ0) is 32.0. The number of ether oxygens (including phenoxy) is 2. The number of piperidine rings is 1. The molecule has 0 aromatic heterocycles. The second kappa shape index (κ2) is 16.0. The molecule has 5 nitrogen and oxygen atoms in total. The quantitative estimate of drug-likeness (QED) is 0.123. The molecular formula is C39H54ClFN2O3. The van der Waals surface area contributed by atoms with Gasteiger partial charge in [0, 0.05) is 31.5 Å². The Kier molecular flexibility index (Phi) is 12.5. The predicted octanol–water partition coefficient (Wildman–Crippen LogP) is 9.12. The lowest BCUT2D eigenvalue weighted by Crippen LogP contribution is -2.45. The van der Waals surface area contributed by atoms with Crippen LogP contribution in [0.15, 0.2) is 54.6 Å². The topological polar surface area (TPSA) is 42.0 Å². The fourth-order valence-electron chi connectivity index (χ4n) is 7.93. The van der Waals surface area contributed by atoms with Crippen LogP contribution in [0.3, 0.4) is 0 Å². The van der Waals surface area contributed by atoms with Crippen molar-refractivity contribution in [3.8, 4) is 11.5 Å². The number of nitrogens with zero attached hydrogens (tertiary/aromatic N) is 2. The van der Waals surface area contributed by atoms with Gasteiger partial charge in [-0.25, -0.2) is 4.39 Å². The molecule has 1 saturated heterocycles. The summed E-state index contributed by atoms with van der Waals surface area (Å²) in [5.41, 5.74) is 4.73. The smallest absolute Gasteiger partial charge is 0.311 e. The van der Waals surface area contributed by atoms with Gasteiger partial charge < -0.3 is 14.4 Å². The molecular weight excluding hydrogens is 599 g/mol. The molecule has 252 valence electrons. The van der Waals surface area contributed by atoms with E-state index in [1.54, 1.807) is 0 Å². The van der Waals surface area contributed by atoms with Crippen LogP contribution in [0.4, 0.5) is 4.39 Å². The number of hydrogen-bond acceptors (Lipinski definition) is 5. The van der Waals surface area contributed by atoms with Crippen LogP contribution in [-0.4, -0.2) is 60.6 Å². The summed E-state index contributed by atoms with van der Waals surface area (Å²) >= 11 is 0. The Morgan fingerprint density at radius 1 is 1.04 bits per heavy atom. The maximum atomic E-state index is 14.0. The van der Waals surface area contributed by atoms with Crippen LogP contribution in [0, 0.1) is 5.82 Å². The van der Waals surface area contributed by atoms with Gasteiger partial charge in [0.15, 0.2) is 0 Å². The minimum absolute atomic E-state index is 0. The van der Waals surface area contributed by atoms with E-state index in [1.807, 2.05) is 18.2 Å². The van der Waals surface area contributed by atoms with Gasteiger partial charge in [0.05, 0.1) is 5.56 Å². The second-order valence-electron chi connectivity index (χ2n) is 13.5. The lowest BCUT2D eigenvalue weighted by atomic mass is 9.71. The highest BCUT2D eigenvalue weighted by Crippen LogP contribution is 2.52. The minimum atomic E-state index is -0.423. The summed E-state index contributed by atoms with van der Waals surface area (Å²) in [6.45, 7) is 18.5. The molecule has 1 fully saturated rings. The summed E-state index contributed by atoms with van der Waals surface area (Å²) in [5.74, 6) is 0.927. The largest absolute Gasteiger partial charge is 0.482 e. The highest BCUT2D eigenvalue weighted by molar-refractivity contribution is 5.86. The molecule has 3 aliphatic rings. The molecule has 0 bridgehead atoms. The molecule has 1 unspecified atom stereocenters. The number of benzene rings is 2. The van der Waals surface area contributed by atoms with Gasteiger partial charge in [-0.2, -0.15) is 0 Å². The van der Waals surface area contributed by atoms with E-state index in [2.05, 4.69) is 56.2 Å². The number of esters is 1. The first-order valence-corrected chi connectivity index (χ1v) is 17.4. The van der Waals surface area contributed by atoms with Crippen molar-refractivity contribution in [2.24, 2.45) is 0 Å². The van der Waals surface area contributed by atoms with Crippen LogP contribution in [-0.2, 0) is 10.2 Å². The molecule has 1 atom stereocenters. The van der Waals surface area contributed by atoms with Crippen molar-refractivity contribution in [1.29, 1.82) is 0 Å². The molecule has 3 heterocycles. The third-order valence-electron chi connectivity index (χ3n) is 10.6. The normalized spacial score (nSPS) is 19.2. The van der Waals surface area contributed by atoms with Gasteiger partial charge in [-0.05, 0) is 111 Å². The van der Waals surface area contributed by atoms with Crippen molar-refractivity contribution in [1.82, 2.24) is 9.80 Å². The van der Waals surface area contributed by atoms with Crippen molar-refractivity contribution in [3.63, 3.8) is 0 Å².